The fourth-order valence-corrected chi connectivity index (χ4v) is 5.97. The molecule has 3 aromatic carbocycles. The molecule has 0 saturated heterocycles. The molecule has 4 aromatic rings. The molecule has 188 valence electrons. The first-order valence-electron chi connectivity index (χ1n) is 11.2. The highest BCUT2D eigenvalue weighted by molar-refractivity contribution is 7.69. The summed E-state index contributed by atoms with van der Waals surface area (Å²) >= 11 is 0. The van der Waals surface area contributed by atoms with Crippen molar-refractivity contribution in [1.82, 2.24) is 4.98 Å². The minimum absolute atomic E-state index is 0.0374. The average molecular weight is 519 g/mol. The van der Waals surface area contributed by atoms with E-state index in [-0.39, 0.29) is 22.1 Å². The van der Waals surface area contributed by atoms with Gasteiger partial charge in [0, 0.05) is 12.1 Å². The second-order valence-corrected chi connectivity index (χ2v) is 9.86. The van der Waals surface area contributed by atoms with Crippen LogP contribution >= 0.6 is 7.94 Å². The van der Waals surface area contributed by atoms with Crippen LogP contribution in [0.15, 0.2) is 84.9 Å². The number of aromatic nitrogens is 1. The number of pyridine rings is 1. The number of carbonyl (C=O) groups is 1. The molecule has 0 unspecified atom stereocenters. The lowest BCUT2D eigenvalue weighted by molar-refractivity contribution is -0.384. The molecular formula is C27H24N2O7P+. The molecule has 0 saturated carbocycles. The lowest BCUT2D eigenvalue weighted by atomic mass is 9.97. The quantitative estimate of drug-likeness (QED) is 0.138. The lowest BCUT2D eigenvalue weighted by Gasteiger charge is -2.23. The molecule has 9 nitrogen and oxygen atoms in total. The summed E-state index contributed by atoms with van der Waals surface area (Å²) in [6, 6.07) is 22.9. The summed E-state index contributed by atoms with van der Waals surface area (Å²) in [6.45, 7) is 3.27. The molecule has 0 fully saturated rings. The van der Waals surface area contributed by atoms with Crippen LogP contribution in [0, 0.1) is 24.0 Å². The van der Waals surface area contributed by atoms with E-state index in [4.69, 9.17) is 13.8 Å². The maximum atomic E-state index is 13.0. The van der Waals surface area contributed by atoms with Gasteiger partial charge in [0.15, 0.2) is 11.5 Å². The van der Waals surface area contributed by atoms with Crippen LogP contribution in [0.25, 0.3) is 11.1 Å². The fourth-order valence-electron chi connectivity index (χ4n) is 3.95. The summed E-state index contributed by atoms with van der Waals surface area (Å²) in [7, 11) is -2.86. The molecule has 10 heteroatoms. The third-order valence-corrected chi connectivity index (χ3v) is 7.52. The Morgan fingerprint density at radius 2 is 1.46 bits per heavy atom. The molecule has 0 spiro atoms. The first kappa shape index (κ1) is 25.8. The van der Waals surface area contributed by atoms with Crippen molar-refractivity contribution in [2.45, 2.75) is 13.8 Å². The summed E-state index contributed by atoms with van der Waals surface area (Å²) < 4.78 is 17.3. The van der Waals surface area contributed by atoms with Crippen LogP contribution in [0.2, 0.25) is 0 Å². The first-order chi connectivity index (χ1) is 17.7. The molecule has 0 radical (unpaired) electrons. The molecule has 37 heavy (non-hydrogen) atoms. The Balaban J connectivity index is 2.07. The number of aryl methyl sites for hydroxylation is 2. The van der Waals surface area contributed by atoms with Crippen molar-refractivity contribution in [3.05, 3.63) is 112 Å². The van der Waals surface area contributed by atoms with Gasteiger partial charge in [-0.05, 0) is 43.7 Å². The number of carbonyl (C=O) groups excluding carboxylic acids is 1. The Labute approximate surface area is 214 Å². The van der Waals surface area contributed by atoms with E-state index in [2.05, 4.69) is 4.98 Å². The number of benzene rings is 3. The van der Waals surface area contributed by atoms with Crippen LogP contribution in [-0.4, -0.2) is 27.9 Å². The Kier molecular flexibility index (Phi) is 7.47. The van der Waals surface area contributed by atoms with Crippen molar-refractivity contribution in [3.8, 4) is 22.6 Å². The van der Waals surface area contributed by atoms with Crippen LogP contribution in [0.5, 0.6) is 11.5 Å². The SMILES string of the molecule is COC(=O)c1c(C)nc(C)c([P+](O)(Oc2ccccc2)Oc2ccccc2)c1-c1cccc([N+](=O)[O-])c1. The number of ether oxygens (including phenoxy) is 1. The number of nitro groups is 1. The molecule has 1 aromatic heterocycles. The van der Waals surface area contributed by atoms with E-state index >= 15 is 0 Å². The van der Waals surface area contributed by atoms with Crippen molar-refractivity contribution in [1.29, 1.82) is 0 Å². The van der Waals surface area contributed by atoms with Crippen LogP contribution in [0.1, 0.15) is 21.7 Å². The van der Waals surface area contributed by atoms with Crippen LogP contribution in [0.4, 0.5) is 5.69 Å². The molecular weight excluding hydrogens is 495 g/mol. The molecule has 0 atom stereocenters. The summed E-state index contributed by atoms with van der Waals surface area (Å²) in [4.78, 5) is 40.7. The number of hydrogen-bond donors (Lipinski definition) is 1. The predicted octanol–water partition coefficient (Wildman–Crippen LogP) is 5.60. The zero-order chi connectivity index (χ0) is 26.6. The molecule has 4 rings (SSSR count). The number of nitrogens with zero attached hydrogens (tertiary/aromatic N) is 2. The van der Waals surface area contributed by atoms with E-state index in [1.807, 2.05) is 0 Å². The number of para-hydroxylation sites is 2. The van der Waals surface area contributed by atoms with Gasteiger partial charge in [0.05, 0.1) is 34.5 Å². The van der Waals surface area contributed by atoms with Crippen molar-refractivity contribution in [3.63, 3.8) is 0 Å². The van der Waals surface area contributed by atoms with Crippen LogP contribution in [0.3, 0.4) is 0 Å². The summed E-state index contributed by atoms with van der Waals surface area (Å²) in [5.74, 6) is -0.0866. The second-order valence-electron chi connectivity index (χ2n) is 8.01. The Hall–Kier alpha value is -4.33. The number of rotatable bonds is 8. The number of hydrogen-bond acceptors (Lipinski definition) is 8. The van der Waals surface area contributed by atoms with E-state index < -0.39 is 18.8 Å². The number of non-ortho nitro benzene ring substituents is 1. The maximum Gasteiger partial charge on any atom is 0.535 e. The van der Waals surface area contributed by atoms with E-state index in [9.17, 15) is 19.8 Å². The Bertz CT molecular complexity index is 1400. The van der Waals surface area contributed by atoms with Gasteiger partial charge in [-0.2, -0.15) is 4.89 Å². The van der Waals surface area contributed by atoms with Crippen molar-refractivity contribution in [2.24, 2.45) is 0 Å². The Morgan fingerprint density at radius 1 is 0.892 bits per heavy atom. The highest BCUT2D eigenvalue weighted by Crippen LogP contribution is 2.58. The number of nitro benzene ring substituents is 1. The van der Waals surface area contributed by atoms with E-state index in [0.29, 0.717) is 28.5 Å². The Morgan fingerprint density at radius 3 is 1.97 bits per heavy atom. The van der Waals surface area contributed by atoms with Gasteiger partial charge in [-0.15, -0.1) is 0 Å². The van der Waals surface area contributed by atoms with Gasteiger partial charge in [-0.25, -0.2) is 4.79 Å². The standard InChI is InChI=1S/C27H24N2O7P/c1-18-24(27(30)34-3)25(20-11-10-12-21(17-20)29(31)32)26(19(2)28-18)37(33,35-22-13-6-4-7-14-22)36-23-15-8-5-9-16-23/h4-17,33H,1-3H3/q+1. The molecule has 0 aliphatic heterocycles. The second kappa shape index (κ2) is 10.7. The molecule has 1 N–H and O–H groups in total. The van der Waals surface area contributed by atoms with E-state index in [0.717, 1.165) is 0 Å². The highest BCUT2D eigenvalue weighted by Gasteiger charge is 2.53. The lowest BCUT2D eigenvalue weighted by Crippen LogP contribution is -2.29. The van der Waals surface area contributed by atoms with Gasteiger partial charge in [-0.1, -0.05) is 48.5 Å². The van der Waals surface area contributed by atoms with Gasteiger partial charge in [0.1, 0.15) is 0 Å². The van der Waals surface area contributed by atoms with E-state index in [1.165, 1.54) is 25.3 Å². The minimum Gasteiger partial charge on any atom is -0.465 e. The zero-order valence-electron chi connectivity index (χ0n) is 20.3. The third kappa shape index (κ3) is 5.43. The normalized spacial score (nSPS) is 11.0. The summed E-state index contributed by atoms with van der Waals surface area (Å²) in [5, 5.41) is 11.7. The highest BCUT2D eigenvalue weighted by atomic mass is 31.2. The largest absolute Gasteiger partial charge is 0.535 e. The van der Waals surface area contributed by atoms with E-state index in [1.54, 1.807) is 80.6 Å². The van der Waals surface area contributed by atoms with Crippen molar-refractivity contribution >= 4 is 24.9 Å². The third-order valence-electron chi connectivity index (χ3n) is 5.49. The van der Waals surface area contributed by atoms with Crippen LogP contribution < -0.4 is 14.4 Å². The molecule has 0 aliphatic rings. The van der Waals surface area contributed by atoms with Gasteiger partial charge >= 0.3 is 13.9 Å². The topological polar surface area (TPSA) is 121 Å². The van der Waals surface area contributed by atoms with Gasteiger partial charge in [-0.3, -0.25) is 24.1 Å². The first-order valence-corrected chi connectivity index (χ1v) is 12.8. The smallest absolute Gasteiger partial charge is 0.465 e. The van der Waals surface area contributed by atoms with Crippen molar-refractivity contribution < 1.29 is 28.4 Å². The maximum absolute atomic E-state index is 13.0. The fraction of sp³-hybridized carbons (Fsp3) is 0.111. The summed E-state index contributed by atoms with van der Waals surface area (Å²) in [5.41, 5.74) is 0.972. The summed E-state index contributed by atoms with van der Waals surface area (Å²) in [6.07, 6.45) is 0. The molecule has 0 bridgehead atoms. The number of methoxy groups -OCH3 is 1. The molecule has 0 amide bonds. The number of esters is 1. The molecule has 1 heterocycles. The van der Waals surface area contributed by atoms with Gasteiger partial charge < -0.3 is 4.74 Å². The van der Waals surface area contributed by atoms with Gasteiger partial charge in [0.25, 0.3) is 5.69 Å². The average Bonchev–Trinajstić information content (AvgIpc) is 2.88. The molecule has 0 aliphatic carbocycles. The van der Waals surface area contributed by atoms with Crippen molar-refractivity contribution in [2.75, 3.05) is 7.11 Å². The van der Waals surface area contributed by atoms with Gasteiger partial charge in [0.2, 0.25) is 5.30 Å². The zero-order valence-corrected chi connectivity index (χ0v) is 21.2. The predicted molar refractivity (Wildman–Crippen MR) is 140 cm³/mol. The monoisotopic (exact) mass is 519 g/mol. The van der Waals surface area contributed by atoms with Crippen LogP contribution in [-0.2, 0) is 4.74 Å². The minimum atomic E-state index is -4.08.